The average molecular weight is 378 g/mol. The van der Waals surface area contributed by atoms with Crippen LogP contribution in [0.3, 0.4) is 0 Å². The lowest BCUT2D eigenvalue weighted by molar-refractivity contribution is 0.295. The third kappa shape index (κ3) is 5.46. The molecule has 1 N–H and O–H groups in total. The number of nitrogens with one attached hydrogen (secondary N) is 1. The van der Waals surface area contributed by atoms with E-state index in [9.17, 15) is 0 Å². The first-order valence-corrected chi connectivity index (χ1v) is 10.3. The van der Waals surface area contributed by atoms with Crippen molar-refractivity contribution in [1.82, 2.24) is 9.88 Å². The highest BCUT2D eigenvalue weighted by molar-refractivity contribution is 5.92. The second-order valence-corrected chi connectivity index (χ2v) is 7.17. The number of benzene rings is 2. The highest BCUT2D eigenvalue weighted by Gasteiger charge is 2.08. The normalized spacial score (nSPS) is 12.3. The number of anilines is 1. The SMILES string of the molecule is CCN(CC)CCC[C@H](C)Nc1ccnc2cc(Oc3ccccc3)ccc12. The van der Waals surface area contributed by atoms with E-state index in [-0.39, 0.29) is 0 Å². The first kappa shape index (κ1) is 20.2. The maximum absolute atomic E-state index is 5.94. The second kappa shape index (κ2) is 10.1. The van der Waals surface area contributed by atoms with Crippen LogP contribution in [-0.2, 0) is 0 Å². The van der Waals surface area contributed by atoms with Gasteiger partial charge in [-0.15, -0.1) is 0 Å². The fraction of sp³-hybridized carbons (Fsp3) is 0.375. The summed E-state index contributed by atoms with van der Waals surface area (Å²) in [5.74, 6) is 1.63. The molecule has 0 amide bonds. The van der Waals surface area contributed by atoms with Crippen LogP contribution < -0.4 is 10.1 Å². The average Bonchev–Trinajstić information content (AvgIpc) is 2.72. The molecule has 0 spiro atoms. The van der Waals surface area contributed by atoms with E-state index in [1.807, 2.05) is 48.7 Å². The number of rotatable bonds is 10. The number of nitrogens with zero attached hydrogens (tertiary/aromatic N) is 2. The van der Waals surface area contributed by atoms with E-state index in [1.165, 1.54) is 6.42 Å². The molecular formula is C24H31N3O. The minimum Gasteiger partial charge on any atom is -0.457 e. The van der Waals surface area contributed by atoms with E-state index in [1.54, 1.807) is 0 Å². The smallest absolute Gasteiger partial charge is 0.129 e. The molecule has 0 saturated carbocycles. The summed E-state index contributed by atoms with van der Waals surface area (Å²) in [6, 6.07) is 18.4. The van der Waals surface area contributed by atoms with Crippen LogP contribution in [0.2, 0.25) is 0 Å². The van der Waals surface area contributed by atoms with Crippen LogP contribution in [0.5, 0.6) is 11.5 Å². The Labute approximate surface area is 168 Å². The minimum absolute atomic E-state index is 0.418. The maximum atomic E-state index is 5.94. The van der Waals surface area contributed by atoms with Gasteiger partial charge in [-0.05, 0) is 69.7 Å². The quantitative estimate of drug-likeness (QED) is 0.474. The summed E-state index contributed by atoms with van der Waals surface area (Å²) in [6.07, 6.45) is 4.21. The lowest BCUT2D eigenvalue weighted by atomic mass is 10.1. The van der Waals surface area contributed by atoms with Gasteiger partial charge in [0, 0.05) is 29.4 Å². The fourth-order valence-corrected chi connectivity index (χ4v) is 3.44. The predicted octanol–water partition coefficient (Wildman–Crippen LogP) is 5.95. The molecule has 0 radical (unpaired) electrons. The summed E-state index contributed by atoms with van der Waals surface area (Å²) in [5, 5.41) is 4.79. The van der Waals surface area contributed by atoms with Crippen LogP contribution in [0.15, 0.2) is 60.8 Å². The van der Waals surface area contributed by atoms with Gasteiger partial charge in [-0.2, -0.15) is 0 Å². The molecule has 0 aliphatic heterocycles. The molecule has 0 saturated heterocycles. The standard InChI is InChI=1S/C24H31N3O/c1-4-27(5-2)17-9-10-19(3)26-23-15-16-25-24-18-21(13-14-22(23)24)28-20-11-7-6-8-12-20/h6-8,11-16,18-19H,4-5,9-10,17H2,1-3H3,(H,25,26)/t19-/m0/s1. The first-order valence-electron chi connectivity index (χ1n) is 10.3. The zero-order valence-corrected chi connectivity index (χ0v) is 17.2. The third-order valence-electron chi connectivity index (χ3n) is 5.10. The number of aromatic nitrogens is 1. The van der Waals surface area contributed by atoms with Crippen LogP contribution in [0.25, 0.3) is 10.9 Å². The Morgan fingerprint density at radius 2 is 1.79 bits per heavy atom. The molecular weight excluding hydrogens is 346 g/mol. The summed E-state index contributed by atoms with van der Waals surface area (Å²) >= 11 is 0. The lowest BCUT2D eigenvalue weighted by Crippen LogP contribution is -2.25. The van der Waals surface area contributed by atoms with Crippen molar-refractivity contribution >= 4 is 16.6 Å². The molecule has 1 atom stereocenters. The van der Waals surface area contributed by atoms with Gasteiger partial charge in [-0.25, -0.2) is 0 Å². The molecule has 148 valence electrons. The van der Waals surface area contributed by atoms with E-state index in [2.05, 4.69) is 48.1 Å². The van der Waals surface area contributed by atoms with Crippen LogP contribution in [0, 0.1) is 0 Å². The zero-order chi connectivity index (χ0) is 19.8. The molecule has 28 heavy (non-hydrogen) atoms. The Bertz CT molecular complexity index is 862. The van der Waals surface area contributed by atoms with Crippen molar-refractivity contribution in [2.24, 2.45) is 0 Å². The monoisotopic (exact) mass is 377 g/mol. The van der Waals surface area contributed by atoms with Gasteiger partial charge in [-0.1, -0.05) is 32.0 Å². The van der Waals surface area contributed by atoms with Gasteiger partial charge < -0.3 is 15.0 Å². The predicted molar refractivity (Wildman–Crippen MR) is 118 cm³/mol. The van der Waals surface area contributed by atoms with Crippen LogP contribution >= 0.6 is 0 Å². The van der Waals surface area contributed by atoms with E-state index < -0.39 is 0 Å². The first-order chi connectivity index (χ1) is 13.7. The van der Waals surface area contributed by atoms with E-state index in [4.69, 9.17) is 4.74 Å². The van der Waals surface area contributed by atoms with Crippen molar-refractivity contribution in [3.8, 4) is 11.5 Å². The Hall–Kier alpha value is -2.59. The highest BCUT2D eigenvalue weighted by Crippen LogP contribution is 2.28. The zero-order valence-electron chi connectivity index (χ0n) is 17.2. The van der Waals surface area contributed by atoms with Crippen molar-refractivity contribution in [2.45, 2.75) is 39.7 Å². The van der Waals surface area contributed by atoms with Crippen LogP contribution in [-0.4, -0.2) is 35.6 Å². The van der Waals surface area contributed by atoms with Gasteiger partial charge in [0.25, 0.3) is 0 Å². The van der Waals surface area contributed by atoms with Crippen molar-refractivity contribution in [1.29, 1.82) is 0 Å². The number of para-hydroxylation sites is 1. The molecule has 4 heteroatoms. The topological polar surface area (TPSA) is 37.4 Å². The Kier molecular flexibility index (Phi) is 7.26. The molecule has 1 heterocycles. The number of hydrogen-bond acceptors (Lipinski definition) is 4. The second-order valence-electron chi connectivity index (χ2n) is 7.17. The maximum Gasteiger partial charge on any atom is 0.129 e. The highest BCUT2D eigenvalue weighted by atomic mass is 16.5. The molecule has 4 nitrogen and oxygen atoms in total. The van der Waals surface area contributed by atoms with Crippen molar-refractivity contribution < 1.29 is 4.74 Å². The van der Waals surface area contributed by atoms with Gasteiger partial charge in [0.15, 0.2) is 0 Å². The van der Waals surface area contributed by atoms with Crippen molar-refractivity contribution in [3.63, 3.8) is 0 Å². The van der Waals surface area contributed by atoms with Gasteiger partial charge in [0.1, 0.15) is 11.5 Å². The molecule has 0 fully saturated rings. The summed E-state index contributed by atoms with van der Waals surface area (Å²) in [4.78, 5) is 7.01. The summed E-state index contributed by atoms with van der Waals surface area (Å²) in [7, 11) is 0. The summed E-state index contributed by atoms with van der Waals surface area (Å²) < 4.78 is 5.94. The van der Waals surface area contributed by atoms with Gasteiger partial charge in [-0.3, -0.25) is 4.98 Å². The van der Waals surface area contributed by atoms with Gasteiger partial charge in [0.2, 0.25) is 0 Å². The van der Waals surface area contributed by atoms with Crippen molar-refractivity contribution in [3.05, 3.63) is 60.8 Å². The molecule has 3 aromatic rings. The number of ether oxygens (including phenoxy) is 1. The third-order valence-corrected chi connectivity index (χ3v) is 5.10. The van der Waals surface area contributed by atoms with Gasteiger partial charge >= 0.3 is 0 Å². The van der Waals surface area contributed by atoms with Crippen molar-refractivity contribution in [2.75, 3.05) is 25.0 Å². The minimum atomic E-state index is 0.418. The molecule has 2 aromatic carbocycles. The van der Waals surface area contributed by atoms with E-state index in [0.717, 1.165) is 54.1 Å². The largest absolute Gasteiger partial charge is 0.457 e. The Morgan fingerprint density at radius 1 is 1.00 bits per heavy atom. The van der Waals surface area contributed by atoms with Crippen LogP contribution in [0.4, 0.5) is 5.69 Å². The number of hydrogen-bond donors (Lipinski definition) is 1. The number of fused-ring (bicyclic) bond motifs is 1. The lowest BCUT2D eigenvalue weighted by Gasteiger charge is -2.21. The molecule has 1 aromatic heterocycles. The molecule has 0 aliphatic carbocycles. The molecule has 0 unspecified atom stereocenters. The van der Waals surface area contributed by atoms with E-state index in [0.29, 0.717) is 6.04 Å². The van der Waals surface area contributed by atoms with Gasteiger partial charge in [0.05, 0.1) is 5.52 Å². The summed E-state index contributed by atoms with van der Waals surface area (Å²) in [6.45, 7) is 10.1. The van der Waals surface area contributed by atoms with E-state index >= 15 is 0 Å². The summed E-state index contributed by atoms with van der Waals surface area (Å²) in [5.41, 5.74) is 2.07. The fourth-order valence-electron chi connectivity index (χ4n) is 3.44. The van der Waals surface area contributed by atoms with Crippen LogP contribution in [0.1, 0.15) is 33.6 Å². The number of pyridine rings is 1. The Morgan fingerprint density at radius 3 is 2.54 bits per heavy atom. The molecule has 0 aliphatic rings. The molecule has 3 rings (SSSR count). The Balaban J connectivity index is 1.65. The molecule has 0 bridgehead atoms.